The van der Waals surface area contributed by atoms with Crippen molar-refractivity contribution in [1.82, 2.24) is 4.31 Å². The number of anilines is 1. The quantitative estimate of drug-likeness (QED) is 0.465. The van der Waals surface area contributed by atoms with Crippen LogP contribution in [-0.2, 0) is 10.0 Å². The first-order chi connectivity index (χ1) is 12.9. The molecule has 8 nitrogen and oxygen atoms in total. The number of nitro benzene ring substituents is 1. The van der Waals surface area contributed by atoms with Gasteiger partial charge in [-0.1, -0.05) is 30.3 Å². The number of nitrogens with one attached hydrogen (secondary N) is 1. The van der Waals surface area contributed by atoms with E-state index in [-0.39, 0.29) is 16.3 Å². The minimum atomic E-state index is -3.72. The van der Waals surface area contributed by atoms with Crippen LogP contribution in [0.5, 0.6) is 0 Å². The van der Waals surface area contributed by atoms with E-state index in [1.54, 1.807) is 6.92 Å². The van der Waals surface area contributed by atoms with Gasteiger partial charge < -0.3 is 0 Å². The highest BCUT2D eigenvalue weighted by Crippen LogP contribution is 2.30. The molecule has 0 spiro atoms. The Bertz CT molecular complexity index is 968. The fraction of sp³-hybridized carbons (Fsp3) is 0.278. The van der Waals surface area contributed by atoms with Crippen molar-refractivity contribution in [3.8, 4) is 0 Å². The highest BCUT2D eigenvalue weighted by Gasteiger charge is 2.29. The second kappa shape index (κ2) is 7.85. The summed E-state index contributed by atoms with van der Waals surface area (Å²) in [5.74, 6) is 0. The smallest absolute Gasteiger partial charge is 0.271 e. The molecule has 2 aromatic rings. The van der Waals surface area contributed by atoms with Crippen molar-refractivity contribution in [3.05, 3.63) is 64.2 Å². The summed E-state index contributed by atoms with van der Waals surface area (Å²) >= 11 is 0. The molecule has 9 heteroatoms. The van der Waals surface area contributed by atoms with Crippen LogP contribution in [-0.4, -0.2) is 36.4 Å². The fourth-order valence-electron chi connectivity index (χ4n) is 2.88. The van der Waals surface area contributed by atoms with E-state index in [4.69, 9.17) is 0 Å². The number of hydrogen-bond acceptors (Lipinski definition) is 6. The Balaban J connectivity index is 1.89. The molecule has 0 unspecified atom stereocenters. The van der Waals surface area contributed by atoms with Gasteiger partial charge in [0.15, 0.2) is 0 Å². The first kappa shape index (κ1) is 19.0. The van der Waals surface area contributed by atoms with Crippen molar-refractivity contribution < 1.29 is 13.3 Å². The summed E-state index contributed by atoms with van der Waals surface area (Å²) in [5.41, 5.74) is 4.01. The molecule has 1 heterocycles. The normalized spacial score (nSPS) is 15.7. The monoisotopic (exact) mass is 388 g/mol. The minimum Gasteiger partial charge on any atom is -0.271 e. The van der Waals surface area contributed by atoms with Crippen molar-refractivity contribution in [2.75, 3.05) is 18.5 Å². The molecule has 1 fully saturated rings. The molecule has 0 saturated carbocycles. The minimum absolute atomic E-state index is 0.0783. The first-order valence-corrected chi connectivity index (χ1v) is 9.98. The number of rotatable bonds is 6. The van der Waals surface area contributed by atoms with Crippen LogP contribution in [0.4, 0.5) is 11.4 Å². The van der Waals surface area contributed by atoms with Crippen molar-refractivity contribution in [3.63, 3.8) is 0 Å². The van der Waals surface area contributed by atoms with Gasteiger partial charge in [0.25, 0.3) is 5.69 Å². The molecule has 0 bridgehead atoms. The maximum atomic E-state index is 12.6. The number of nitrogens with zero attached hydrogens (tertiary/aromatic N) is 3. The van der Waals surface area contributed by atoms with Crippen LogP contribution in [0.25, 0.3) is 0 Å². The van der Waals surface area contributed by atoms with Crippen molar-refractivity contribution in [1.29, 1.82) is 0 Å². The Morgan fingerprint density at radius 3 is 2.44 bits per heavy atom. The lowest BCUT2D eigenvalue weighted by Gasteiger charge is -2.15. The van der Waals surface area contributed by atoms with Crippen LogP contribution in [0, 0.1) is 10.1 Å². The van der Waals surface area contributed by atoms with Gasteiger partial charge in [0.05, 0.1) is 15.5 Å². The SMILES string of the molecule is C/C(=N\Nc1ccc(S(=O)(=O)N2CCCC2)cc1[N+](=O)[O-])c1ccccc1. The van der Waals surface area contributed by atoms with Crippen LogP contribution in [0.3, 0.4) is 0 Å². The first-order valence-electron chi connectivity index (χ1n) is 8.54. The van der Waals surface area contributed by atoms with E-state index in [2.05, 4.69) is 10.5 Å². The third kappa shape index (κ3) is 4.15. The van der Waals surface area contributed by atoms with E-state index in [9.17, 15) is 18.5 Å². The Labute approximate surface area is 157 Å². The lowest BCUT2D eigenvalue weighted by Crippen LogP contribution is -2.27. The number of nitro groups is 1. The maximum Gasteiger partial charge on any atom is 0.295 e. The third-order valence-electron chi connectivity index (χ3n) is 4.40. The molecule has 0 radical (unpaired) electrons. The van der Waals surface area contributed by atoms with Gasteiger partial charge in [0.2, 0.25) is 10.0 Å². The van der Waals surface area contributed by atoms with E-state index >= 15 is 0 Å². The number of sulfonamides is 1. The molecule has 0 amide bonds. The molecule has 1 saturated heterocycles. The van der Waals surface area contributed by atoms with Crippen LogP contribution >= 0.6 is 0 Å². The zero-order valence-corrected chi connectivity index (χ0v) is 15.6. The summed E-state index contributed by atoms with van der Waals surface area (Å²) in [6.07, 6.45) is 1.60. The standard InChI is InChI=1S/C18H20N4O4S/c1-14(15-7-3-2-4-8-15)19-20-17-10-9-16(13-18(17)22(23)24)27(25,26)21-11-5-6-12-21/h2-4,7-10,13,20H,5-6,11-12H2,1H3/b19-14+. The molecule has 27 heavy (non-hydrogen) atoms. The van der Waals surface area contributed by atoms with E-state index in [1.807, 2.05) is 30.3 Å². The molecule has 142 valence electrons. The zero-order chi connectivity index (χ0) is 19.4. The topological polar surface area (TPSA) is 105 Å². The molecular formula is C18H20N4O4S. The molecule has 3 rings (SSSR count). The molecule has 0 atom stereocenters. The largest absolute Gasteiger partial charge is 0.295 e. The van der Waals surface area contributed by atoms with Gasteiger partial charge in [-0.3, -0.25) is 15.5 Å². The van der Waals surface area contributed by atoms with E-state index in [1.165, 1.54) is 16.4 Å². The highest BCUT2D eigenvalue weighted by atomic mass is 32.2. The summed E-state index contributed by atoms with van der Waals surface area (Å²) < 4.78 is 26.6. The maximum absolute atomic E-state index is 12.6. The molecular weight excluding hydrogens is 368 g/mol. The average molecular weight is 388 g/mol. The second-order valence-electron chi connectivity index (χ2n) is 6.22. The van der Waals surface area contributed by atoms with Gasteiger partial charge in [-0.2, -0.15) is 9.41 Å². The summed E-state index contributed by atoms with van der Waals surface area (Å²) in [7, 11) is -3.72. The molecule has 2 aromatic carbocycles. The van der Waals surface area contributed by atoms with Crippen molar-refractivity contribution in [2.45, 2.75) is 24.7 Å². The van der Waals surface area contributed by atoms with E-state index in [0.29, 0.717) is 18.8 Å². The highest BCUT2D eigenvalue weighted by molar-refractivity contribution is 7.89. The molecule has 1 aliphatic rings. The fourth-order valence-corrected chi connectivity index (χ4v) is 4.42. The van der Waals surface area contributed by atoms with Crippen LogP contribution in [0.1, 0.15) is 25.3 Å². The molecule has 1 N–H and O–H groups in total. The van der Waals surface area contributed by atoms with E-state index < -0.39 is 14.9 Å². The zero-order valence-electron chi connectivity index (χ0n) is 14.8. The van der Waals surface area contributed by atoms with Crippen LogP contribution in [0.15, 0.2) is 58.5 Å². The Hall–Kier alpha value is -2.78. The lowest BCUT2D eigenvalue weighted by molar-refractivity contribution is -0.384. The van der Waals surface area contributed by atoms with E-state index in [0.717, 1.165) is 24.5 Å². The Morgan fingerprint density at radius 1 is 1.15 bits per heavy atom. The van der Waals surface area contributed by atoms with Crippen molar-refractivity contribution >= 4 is 27.1 Å². The summed E-state index contributed by atoms with van der Waals surface area (Å²) in [4.78, 5) is 10.8. The predicted octanol–water partition coefficient (Wildman–Crippen LogP) is 3.22. The van der Waals surface area contributed by atoms with Gasteiger partial charge in [-0.15, -0.1) is 0 Å². The number of hydrogen-bond donors (Lipinski definition) is 1. The third-order valence-corrected chi connectivity index (χ3v) is 6.30. The van der Waals surface area contributed by atoms with Gasteiger partial charge >= 0.3 is 0 Å². The molecule has 1 aliphatic heterocycles. The number of hydrazone groups is 1. The van der Waals surface area contributed by atoms with Crippen LogP contribution < -0.4 is 5.43 Å². The molecule has 0 aromatic heterocycles. The predicted molar refractivity (Wildman–Crippen MR) is 103 cm³/mol. The summed E-state index contributed by atoms with van der Waals surface area (Å²) in [5, 5.41) is 15.6. The molecule has 0 aliphatic carbocycles. The van der Waals surface area contributed by atoms with Gasteiger partial charge in [-0.05, 0) is 37.5 Å². The summed E-state index contributed by atoms with van der Waals surface area (Å²) in [6.45, 7) is 2.66. The number of benzene rings is 2. The Morgan fingerprint density at radius 2 is 1.81 bits per heavy atom. The Kier molecular flexibility index (Phi) is 5.52. The lowest BCUT2D eigenvalue weighted by atomic mass is 10.1. The summed E-state index contributed by atoms with van der Waals surface area (Å²) in [6, 6.07) is 13.2. The van der Waals surface area contributed by atoms with Crippen molar-refractivity contribution in [2.24, 2.45) is 5.10 Å². The van der Waals surface area contributed by atoms with Gasteiger partial charge in [0, 0.05) is 19.2 Å². The second-order valence-corrected chi connectivity index (χ2v) is 8.16. The average Bonchev–Trinajstić information content (AvgIpc) is 3.22. The van der Waals surface area contributed by atoms with Gasteiger partial charge in [-0.25, -0.2) is 8.42 Å². The van der Waals surface area contributed by atoms with Crippen LogP contribution in [0.2, 0.25) is 0 Å². The van der Waals surface area contributed by atoms with Gasteiger partial charge in [0.1, 0.15) is 5.69 Å².